The fourth-order valence-electron chi connectivity index (χ4n) is 6.81. The third-order valence-electron chi connectivity index (χ3n) is 8.91. The maximum Gasteiger partial charge on any atom is 0.309 e. The van der Waals surface area contributed by atoms with Gasteiger partial charge in [0.25, 0.3) is 0 Å². The summed E-state index contributed by atoms with van der Waals surface area (Å²) in [7, 11) is 0. The van der Waals surface area contributed by atoms with Gasteiger partial charge < -0.3 is 24.6 Å². The molecule has 2 N–H and O–H groups in total. The first-order valence-corrected chi connectivity index (χ1v) is 17.1. The van der Waals surface area contributed by atoms with Crippen LogP contribution in [0.4, 0.5) is 5.69 Å². The Morgan fingerprint density at radius 3 is 2.40 bits per heavy atom. The molecule has 1 fully saturated rings. The van der Waals surface area contributed by atoms with Crippen molar-refractivity contribution in [1.82, 2.24) is 4.90 Å². The molecule has 1 unspecified atom stereocenters. The van der Waals surface area contributed by atoms with Crippen LogP contribution < -0.4 is 19.5 Å². The first kappa shape index (κ1) is 32.7. The lowest BCUT2D eigenvalue weighted by molar-refractivity contribution is -0.143. The summed E-state index contributed by atoms with van der Waals surface area (Å²) in [5, 5.41) is 13.9. The Bertz CT molecular complexity index is 1500. The first-order chi connectivity index (χ1) is 21.7. The maximum atomic E-state index is 13.8. The van der Waals surface area contributed by atoms with Gasteiger partial charge in [0.1, 0.15) is 5.75 Å². The number of ether oxygens (including phenoxy) is 3. The molecule has 0 spiro atoms. The minimum Gasteiger partial charge on any atom is -0.494 e. The fourth-order valence-corrected chi connectivity index (χ4v) is 7.22. The van der Waals surface area contributed by atoms with Gasteiger partial charge in [-0.1, -0.05) is 49.7 Å². The molecule has 0 radical (unpaired) electrons. The summed E-state index contributed by atoms with van der Waals surface area (Å²) in [4.78, 5) is 28.9. The number of fused-ring (bicyclic) bond motifs is 1. The van der Waals surface area contributed by atoms with Crippen molar-refractivity contribution >= 4 is 29.3 Å². The smallest absolute Gasteiger partial charge is 0.309 e. The van der Waals surface area contributed by atoms with Gasteiger partial charge in [-0.05, 0) is 91.1 Å². The van der Waals surface area contributed by atoms with Crippen LogP contribution in [0.1, 0.15) is 65.6 Å². The minimum atomic E-state index is -0.901. The highest BCUT2D eigenvalue weighted by Gasteiger charge is 2.48. The molecule has 2 heterocycles. The summed E-state index contributed by atoms with van der Waals surface area (Å²) in [6.45, 7) is 9.43. The van der Waals surface area contributed by atoms with E-state index in [-0.39, 0.29) is 25.2 Å². The van der Waals surface area contributed by atoms with Gasteiger partial charge in [0.05, 0.1) is 19.1 Å². The molecule has 0 aliphatic carbocycles. The quantitative estimate of drug-likeness (QED) is 0.199. The zero-order valence-corrected chi connectivity index (χ0v) is 27.7. The van der Waals surface area contributed by atoms with Crippen molar-refractivity contribution in [2.75, 3.05) is 43.8 Å². The van der Waals surface area contributed by atoms with Crippen LogP contribution in [0.3, 0.4) is 0 Å². The van der Waals surface area contributed by atoms with Crippen molar-refractivity contribution in [3.8, 4) is 17.2 Å². The summed E-state index contributed by atoms with van der Waals surface area (Å²) < 4.78 is 17.2. The summed E-state index contributed by atoms with van der Waals surface area (Å²) in [5.74, 6) is 0.883. The second kappa shape index (κ2) is 14.6. The predicted molar refractivity (Wildman–Crippen MR) is 179 cm³/mol. The lowest BCUT2D eigenvalue weighted by Crippen LogP contribution is -2.35. The number of aliphatic carboxylic acids is 1. The third kappa shape index (κ3) is 7.10. The Balaban J connectivity index is 1.47. The molecule has 9 heteroatoms. The van der Waals surface area contributed by atoms with Gasteiger partial charge in [0.2, 0.25) is 12.7 Å². The van der Waals surface area contributed by atoms with Crippen LogP contribution in [-0.4, -0.2) is 60.4 Å². The Labute approximate surface area is 270 Å². The van der Waals surface area contributed by atoms with Crippen LogP contribution >= 0.6 is 11.8 Å². The van der Waals surface area contributed by atoms with E-state index in [4.69, 9.17) is 14.2 Å². The van der Waals surface area contributed by atoms with Crippen molar-refractivity contribution in [2.45, 2.75) is 58.9 Å². The Kier molecular flexibility index (Phi) is 10.6. The number of hydrogen-bond donors (Lipinski definition) is 2. The number of anilines is 1. The van der Waals surface area contributed by atoms with E-state index in [0.29, 0.717) is 24.7 Å². The molecule has 3 aromatic carbocycles. The normalized spacial score (nSPS) is 19.1. The molecular weight excluding hydrogens is 588 g/mol. The maximum absolute atomic E-state index is 13.8. The Morgan fingerprint density at radius 1 is 1.04 bits per heavy atom. The lowest BCUT2D eigenvalue weighted by Gasteiger charge is -2.27. The van der Waals surface area contributed by atoms with Crippen LogP contribution in [0, 0.1) is 19.8 Å². The van der Waals surface area contributed by atoms with Gasteiger partial charge in [-0.2, -0.15) is 11.8 Å². The number of carboxylic acids is 1. The monoisotopic (exact) mass is 632 g/mol. The van der Waals surface area contributed by atoms with Crippen molar-refractivity contribution in [3.05, 3.63) is 81.9 Å². The highest BCUT2D eigenvalue weighted by atomic mass is 32.2. The molecule has 2 aliphatic heterocycles. The van der Waals surface area contributed by atoms with E-state index in [1.807, 2.05) is 48.2 Å². The van der Waals surface area contributed by atoms with Crippen LogP contribution in [0.5, 0.6) is 17.2 Å². The van der Waals surface area contributed by atoms with Crippen molar-refractivity contribution in [2.24, 2.45) is 5.92 Å². The zero-order valence-electron chi connectivity index (χ0n) is 26.9. The summed E-state index contributed by atoms with van der Waals surface area (Å²) in [6, 6.07) is 15.2. The van der Waals surface area contributed by atoms with Gasteiger partial charge in [-0.25, -0.2) is 0 Å². The number of thioether (sulfide) groups is 1. The molecule has 2 aliphatic rings. The number of amides is 1. The van der Waals surface area contributed by atoms with Crippen LogP contribution in [0.15, 0.2) is 48.5 Å². The number of benzene rings is 3. The fraction of sp³-hybridized carbons (Fsp3) is 0.444. The van der Waals surface area contributed by atoms with Crippen LogP contribution in [-0.2, 0) is 22.4 Å². The van der Waals surface area contributed by atoms with Crippen molar-refractivity contribution < 1.29 is 28.9 Å². The standard InChI is InChI=1S/C36H44N2O6S/c1-6-24-17-22(3)18-25(7-2)33(24)37-31(39)20-38-19-29(28-13-14-30-35(23(28)4)44-21-43-30)32(36(40)41)34(38)26-9-11-27(12-10-26)42-15-8-16-45-5/h9-14,17-18,29,32,34H,6-8,15-16,19-21H2,1-5H3,(H,37,39)(H,40,41)/t29-,32?,34+/m1/s1. The van der Waals surface area contributed by atoms with E-state index in [2.05, 4.69) is 44.5 Å². The molecule has 1 amide bonds. The van der Waals surface area contributed by atoms with E-state index in [9.17, 15) is 14.7 Å². The number of carboxylic acid groups (broad SMARTS) is 1. The van der Waals surface area contributed by atoms with E-state index >= 15 is 0 Å². The van der Waals surface area contributed by atoms with E-state index in [1.54, 1.807) is 11.8 Å². The zero-order chi connectivity index (χ0) is 32.1. The van der Waals surface area contributed by atoms with E-state index in [1.165, 1.54) is 5.56 Å². The highest BCUT2D eigenvalue weighted by Crippen LogP contribution is 2.49. The number of hydrogen-bond acceptors (Lipinski definition) is 7. The van der Waals surface area contributed by atoms with Crippen LogP contribution in [0.25, 0.3) is 0 Å². The molecule has 45 heavy (non-hydrogen) atoms. The number of nitrogens with one attached hydrogen (secondary N) is 1. The molecule has 5 rings (SSSR count). The Morgan fingerprint density at radius 2 is 1.76 bits per heavy atom. The second-order valence-corrected chi connectivity index (χ2v) is 12.8. The van der Waals surface area contributed by atoms with Gasteiger partial charge in [0.15, 0.2) is 11.5 Å². The molecule has 0 saturated carbocycles. The highest BCUT2D eigenvalue weighted by molar-refractivity contribution is 7.98. The van der Waals surface area contributed by atoms with Gasteiger partial charge in [-0.15, -0.1) is 0 Å². The third-order valence-corrected chi connectivity index (χ3v) is 9.61. The largest absolute Gasteiger partial charge is 0.494 e. The van der Waals surface area contributed by atoms with Crippen LogP contribution in [0.2, 0.25) is 0 Å². The number of rotatable bonds is 13. The number of carbonyl (C=O) groups excluding carboxylic acids is 1. The molecular formula is C36H44N2O6S. The van der Waals surface area contributed by atoms with Gasteiger partial charge in [-0.3, -0.25) is 14.5 Å². The number of carbonyl (C=O) groups is 2. The first-order valence-electron chi connectivity index (χ1n) is 15.8. The molecule has 0 bridgehead atoms. The summed E-state index contributed by atoms with van der Waals surface area (Å²) in [5.41, 5.74) is 6.85. The topological polar surface area (TPSA) is 97.3 Å². The van der Waals surface area contributed by atoms with Crippen molar-refractivity contribution in [1.29, 1.82) is 0 Å². The molecule has 8 nitrogen and oxygen atoms in total. The SMILES string of the molecule is CCc1cc(C)cc(CC)c1NC(=O)CN1C[C@H](c2ccc3c(c2C)OCO3)C(C(=O)O)[C@@H]1c1ccc(OCCCSC)cc1. The second-order valence-electron chi connectivity index (χ2n) is 11.8. The molecule has 0 aromatic heterocycles. The summed E-state index contributed by atoms with van der Waals surface area (Å²) >= 11 is 1.79. The van der Waals surface area contributed by atoms with E-state index < -0.39 is 17.9 Å². The van der Waals surface area contributed by atoms with Crippen molar-refractivity contribution in [3.63, 3.8) is 0 Å². The molecule has 3 atom stereocenters. The number of aryl methyl sites for hydroxylation is 3. The number of likely N-dealkylation sites (tertiary alicyclic amines) is 1. The van der Waals surface area contributed by atoms with Gasteiger partial charge in [0, 0.05) is 24.2 Å². The average Bonchev–Trinajstić information content (AvgIpc) is 3.66. The molecule has 240 valence electrons. The Hall–Kier alpha value is -3.69. The molecule has 3 aromatic rings. The van der Waals surface area contributed by atoms with Gasteiger partial charge >= 0.3 is 5.97 Å². The minimum absolute atomic E-state index is 0.0572. The lowest BCUT2D eigenvalue weighted by atomic mass is 9.81. The van der Waals surface area contributed by atoms with E-state index in [0.717, 1.165) is 64.3 Å². The summed E-state index contributed by atoms with van der Waals surface area (Å²) in [6.07, 6.45) is 4.63. The predicted octanol–water partition coefficient (Wildman–Crippen LogP) is 6.77. The molecule has 1 saturated heterocycles. The number of nitrogens with zero attached hydrogens (tertiary/aromatic N) is 1. The average molecular weight is 633 g/mol.